The van der Waals surface area contributed by atoms with Gasteiger partial charge in [-0.25, -0.2) is 0 Å². The van der Waals surface area contributed by atoms with Gasteiger partial charge >= 0.3 is 0 Å². The highest BCUT2D eigenvalue weighted by Crippen LogP contribution is 2.03. The third-order valence-electron chi connectivity index (χ3n) is 0.456. The summed E-state index contributed by atoms with van der Waals surface area (Å²) < 4.78 is 0. The molecular formula is C2H4N3P. The summed E-state index contributed by atoms with van der Waals surface area (Å²) in [6.45, 7) is 0. The van der Waals surface area contributed by atoms with E-state index in [4.69, 9.17) is 0 Å². The number of hydrogen-bond donors (Lipinski definition) is 0. The van der Waals surface area contributed by atoms with Crippen molar-refractivity contribution >= 4 is 15.5 Å². The zero-order valence-corrected chi connectivity index (χ0v) is 4.23. The van der Waals surface area contributed by atoms with Crippen LogP contribution in [0, 0.1) is 0 Å². The van der Waals surface area contributed by atoms with Crippen molar-refractivity contribution in [2.24, 2.45) is 15.4 Å². The van der Waals surface area contributed by atoms with Gasteiger partial charge in [-0.1, -0.05) is 0 Å². The molecular weight excluding hydrogens is 97.0 g/mol. The lowest BCUT2D eigenvalue weighted by atomic mass is 10.8. The fourth-order valence-electron chi connectivity index (χ4n) is 0.217. The van der Waals surface area contributed by atoms with E-state index in [2.05, 4.69) is 24.7 Å². The molecule has 0 N–H and O–H groups in total. The number of rotatable bonds is 0. The molecule has 6 heavy (non-hydrogen) atoms. The Morgan fingerprint density at radius 2 is 2.50 bits per heavy atom. The first-order valence-electron chi connectivity index (χ1n) is 1.58. The third kappa shape index (κ3) is 0.601. The molecule has 0 amide bonds. The van der Waals surface area contributed by atoms with Gasteiger partial charge in [-0.2, -0.15) is 5.11 Å². The summed E-state index contributed by atoms with van der Waals surface area (Å²) in [5.74, 6) is 0.130. The zero-order valence-electron chi connectivity index (χ0n) is 3.07. The van der Waals surface area contributed by atoms with Gasteiger partial charge in [0, 0.05) is 0 Å². The Kier molecular flexibility index (Phi) is 0.926. The summed E-state index contributed by atoms with van der Waals surface area (Å²) in [7, 11) is 2.46. The topological polar surface area (TPSA) is 37.1 Å². The van der Waals surface area contributed by atoms with Crippen LogP contribution in [0.2, 0.25) is 0 Å². The van der Waals surface area contributed by atoms with E-state index in [-0.39, 0.29) is 5.78 Å². The lowest BCUT2D eigenvalue weighted by Crippen LogP contribution is -1.84. The van der Waals surface area contributed by atoms with Crippen LogP contribution >= 0.6 is 9.24 Å². The van der Waals surface area contributed by atoms with Gasteiger partial charge in [0.1, 0.15) is 5.78 Å². The summed E-state index contributed by atoms with van der Waals surface area (Å²) in [4.78, 5) is 0. The molecule has 2 atom stereocenters. The smallest absolute Gasteiger partial charge is 0.123 e. The molecule has 0 radical (unpaired) electrons. The van der Waals surface area contributed by atoms with E-state index in [0.29, 0.717) is 0 Å². The van der Waals surface area contributed by atoms with Crippen molar-refractivity contribution in [1.82, 2.24) is 0 Å². The average Bonchev–Trinajstić information content (AvgIpc) is 1.86. The minimum absolute atomic E-state index is 0.130. The van der Waals surface area contributed by atoms with Crippen molar-refractivity contribution in [3.05, 3.63) is 0 Å². The van der Waals surface area contributed by atoms with Crippen LogP contribution in [0.1, 0.15) is 0 Å². The van der Waals surface area contributed by atoms with Crippen LogP contribution in [-0.4, -0.2) is 12.0 Å². The molecule has 0 aliphatic carbocycles. The zero-order chi connectivity index (χ0) is 4.41. The number of nitrogens with zero attached hydrogens (tertiary/aromatic N) is 3. The Morgan fingerprint density at radius 3 is 2.67 bits per heavy atom. The average molecular weight is 101 g/mol. The quantitative estimate of drug-likeness (QED) is 0.401. The van der Waals surface area contributed by atoms with Crippen molar-refractivity contribution in [3.63, 3.8) is 0 Å². The standard InChI is InChI=1S/C2H4N3P/c6-2-1-3-5-4-2/h1-2H,6H2. The van der Waals surface area contributed by atoms with Crippen molar-refractivity contribution in [2.75, 3.05) is 0 Å². The maximum absolute atomic E-state index is 3.60. The Balaban J connectivity index is 2.60. The molecule has 0 aromatic rings. The van der Waals surface area contributed by atoms with Crippen molar-refractivity contribution < 1.29 is 0 Å². The largest absolute Gasteiger partial charge is 0.156 e. The lowest BCUT2D eigenvalue weighted by Gasteiger charge is -1.78. The van der Waals surface area contributed by atoms with Crippen LogP contribution in [0.25, 0.3) is 0 Å². The minimum atomic E-state index is 0.130. The molecule has 0 fully saturated rings. The van der Waals surface area contributed by atoms with Crippen LogP contribution in [0.5, 0.6) is 0 Å². The molecule has 4 heteroatoms. The van der Waals surface area contributed by atoms with Crippen molar-refractivity contribution in [3.8, 4) is 0 Å². The highest BCUT2D eigenvalue weighted by molar-refractivity contribution is 7.19. The molecule has 0 spiro atoms. The molecule has 2 unspecified atom stereocenters. The van der Waals surface area contributed by atoms with Crippen LogP contribution in [0.4, 0.5) is 0 Å². The van der Waals surface area contributed by atoms with Crippen LogP contribution < -0.4 is 0 Å². The third-order valence-corrected chi connectivity index (χ3v) is 0.761. The number of hydrogen-bond acceptors (Lipinski definition) is 3. The first-order chi connectivity index (χ1) is 2.89. The predicted molar refractivity (Wildman–Crippen MR) is 26.8 cm³/mol. The molecule has 1 aliphatic rings. The molecule has 0 aromatic heterocycles. The monoisotopic (exact) mass is 101 g/mol. The van der Waals surface area contributed by atoms with Crippen molar-refractivity contribution in [2.45, 2.75) is 5.78 Å². The van der Waals surface area contributed by atoms with Gasteiger partial charge in [0.25, 0.3) is 0 Å². The van der Waals surface area contributed by atoms with Gasteiger partial charge in [-0.15, -0.1) is 14.3 Å². The Labute approximate surface area is 37.7 Å². The van der Waals surface area contributed by atoms with E-state index in [0.717, 1.165) is 0 Å². The maximum atomic E-state index is 3.60. The summed E-state index contributed by atoms with van der Waals surface area (Å²) in [5, 5.41) is 10.4. The maximum Gasteiger partial charge on any atom is 0.123 e. The molecule has 0 aromatic carbocycles. The van der Waals surface area contributed by atoms with Crippen molar-refractivity contribution in [1.29, 1.82) is 0 Å². The molecule has 0 saturated carbocycles. The molecule has 0 bridgehead atoms. The predicted octanol–water partition coefficient (Wildman–Crippen LogP) is 0.639. The molecule has 0 saturated heterocycles. The minimum Gasteiger partial charge on any atom is -0.156 e. The second kappa shape index (κ2) is 1.43. The molecule has 3 nitrogen and oxygen atoms in total. The molecule has 32 valence electrons. The summed E-state index contributed by atoms with van der Waals surface area (Å²) >= 11 is 0. The lowest BCUT2D eigenvalue weighted by molar-refractivity contribution is 1.03. The summed E-state index contributed by atoms with van der Waals surface area (Å²) in [6.07, 6.45) is 1.66. The van der Waals surface area contributed by atoms with Gasteiger partial charge in [0.15, 0.2) is 0 Å². The van der Waals surface area contributed by atoms with Crippen LogP contribution in [-0.2, 0) is 0 Å². The molecule has 1 rings (SSSR count). The normalized spacial score (nSPS) is 29.2. The second-order valence-electron chi connectivity index (χ2n) is 0.960. The van der Waals surface area contributed by atoms with Crippen LogP contribution in [0.15, 0.2) is 15.4 Å². The Bertz CT molecular complexity index is 85.0. The van der Waals surface area contributed by atoms with E-state index in [1.807, 2.05) is 0 Å². The van der Waals surface area contributed by atoms with Gasteiger partial charge in [0.05, 0.1) is 6.21 Å². The van der Waals surface area contributed by atoms with Gasteiger partial charge in [-0.05, 0) is 5.22 Å². The first-order valence-corrected chi connectivity index (χ1v) is 2.25. The second-order valence-corrected chi connectivity index (χ2v) is 1.64. The van der Waals surface area contributed by atoms with E-state index in [1.165, 1.54) is 0 Å². The highest BCUT2D eigenvalue weighted by atomic mass is 31.0. The van der Waals surface area contributed by atoms with E-state index in [9.17, 15) is 0 Å². The SMILES string of the molecule is PC1C=NN=N1. The summed E-state index contributed by atoms with van der Waals surface area (Å²) in [6, 6.07) is 0. The fraction of sp³-hybridized carbons (Fsp3) is 0.500. The van der Waals surface area contributed by atoms with E-state index < -0.39 is 0 Å². The molecule has 1 aliphatic heterocycles. The first kappa shape index (κ1) is 3.88. The van der Waals surface area contributed by atoms with E-state index in [1.54, 1.807) is 6.21 Å². The van der Waals surface area contributed by atoms with Gasteiger partial charge < -0.3 is 0 Å². The molecule has 1 heterocycles. The summed E-state index contributed by atoms with van der Waals surface area (Å²) in [5.41, 5.74) is 0. The van der Waals surface area contributed by atoms with Gasteiger partial charge in [-0.3, -0.25) is 0 Å². The fourth-order valence-corrected chi connectivity index (χ4v) is 0.354. The Morgan fingerprint density at radius 1 is 1.67 bits per heavy atom. The van der Waals surface area contributed by atoms with E-state index >= 15 is 0 Å². The Hall–Kier alpha value is -0.300. The highest BCUT2D eigenvalue weighted by Gasteiger charge is 1.94. The van der Waals surface area contributed by atoms with Gasteiger partial charge in [0.2, 0.25) is 0 Å². The van der Waals surface area contributed by atoms with Crippen LogP contribution in [0.3, 0.4) is 0 Å².